The van der Waals surface area contributed by atoms with Crippen molar-refractivity contribution in [1.82, 2.24) is 9.29 Å². The standard InChI is InChI=1S/C22H23FN2O5S/c1-15(22(27)19-14-24-20-7-4-3-6-18(19)20)30-21(26)8-5-13-25(2)31(28,29)17-11-9-16(23)10-12-17/h3-4,6-7,9-12,14-15,24H,5,8,13H2,1-2H3/t15-/m1/s1. The highest BCUT2D eigenvalue weighted by atomic mass is 32.2. The van der Waals surface area contributed by atoms with Gasteiger partial charge in [0.2, 0.25) is 15.8 Å². The number of hydrogen-bond donors (Lipinski definition) is 1. The maximum Gasteiger partial charge on any atom is 0.306 e. The van der Waals surface area contributed by atoms with Gasteiger partial charge in [-0.25, -0.2) is 17.1 Å². The van der Waals surface area contributed by atoms with Crippen LogP contribution in [0.25, 0.3) is 10.9 Å². The zero-order valence-corrected chi connectivity index (χ0v) is 18.0. The highest BCUT2D eigenvalue weighted by Gasteiger charge is 2.23. The second kappa shape index (κ2) is 9.40. The normalized spacial score (nSPS) is 12.8. The Morgan fingerprint density at radius 2 is 1.81 bits per heavy atom. The third-order valence-electron chi connectivity index (χ3n) is 4.91. The van der Waals surface area contributed by atoms with Gasteiger partial charge in [0.25, 0.3) is 0 Å². The zero-order valence-electron chi connectivity index (χ0n) is 17.2. The SMILES string of the molecule is C[C@@H](OC(=O)CCCN(C)S(=O)(=O)c1ccc(F)cc1)C(=O)c1c[nH]c2ccccc12. The minimum absolute atomic E-state index is 0.0306. The van der Waals surface area contributed by atoms with E-state index in [2.05, 4.69) is 4.98 Å². The zero-order chi connectivity index (χ0) is 22.6. The Bertz CT molecular complexity index is 1190. The van der Waals surface area contributed by atoms with Crippen molar-refractivity contribution < 1.29 is 27.1 Å². The number of aromatic nitrogens is 1. The van der Waals surface area contributed by atoms with Crippen molar-refractivity contribution in [2.75, 3.05) is 13.6 Å². The summed E-state index contributed by atoms with van der Waals surface area (Å²) in [6.07, 6.45) is 0.790. The molecule has 1 atom stereocenters. The van der Waals surface area contributed by atoms with Gasteiger partial charge in [0.1, 0.15) is 5.82 Å². The van der Waals surface area contributed by atoms with Crippen molar-refractivity contribution in [2.24, 2.45) is 0 Å². The van der Waals surface area contributed by atoms with Crippen molar-refractivity contribution in [3.8, 4) is 0 Å². The number of carbonyl (C=O) groups is 2. The molecular weight excluding hydrogens is 423 g/mol. The highest BCUT2D eigenvalue weighted by molar-refractivity contribution is 7.89. The van der Waals surface area contributed by atoms with E-state index in [0.717, 1.165) is 27.3 Å². The smallest absolute Gasteiger partial charge is 0.306 e. The second-order valence-corrected chi connectivity index (χ2v) is 9.17. The maximum absolute atomic E-state index is 13.0. The summed E-state index contributed by atoms with van der Waals surface area (Å²) < 4.78 is 44.3. The molecule has 0 fully saturated rings. The van der Waals surface area contributed by atoms with E-state index in [-0.39, 0.29) is 30.1 Å². The quantitative estimate of drug-likeness (QED) is 0.401. The molecule has 0 amide bonds. The van der Waals surface area contributed by atoms with E-state index in [1.807, 2.05) is 24.3 Å². The number of ketones is 1. The molecule has 0 aliphatic heterocycles. The second-order valence-electron chi connectivity index (χ2n) is 7.13. The van der Waals surface area contributed by atoms with Crippen LogP contribution in [0.5, 0.6) is 0 Å². The largest absolute Gasteiger partial charge is 0.454 e. The number of sulfonamides is 1. The van der Waals surface area contributed by atoms with Gasteiger partial charge in [-0.15, -0.1) is 0 Å². The molecule has 0 saturated heterocycles. The van der Waals surface area contributed by atoms with Crippen LogP contribution in [-0.2, 0) is 19.6 Å². The van der Waals surface area contributed by atoms with E-state index in [0.29, 0.717) is 5.56 Å². The number of para-hydroxylation sites is 1. The average Bonchev–Trinajstić information content (AvgIpc) is 3.17. The number of esters is 1. The van der Waals surface area contributed by atoms with Gasteiger partial charge in [-0.05, 0) is 43.7 Å². The van der Waals surface area contributed by atoms with Gasteiger partial charge in [0.15, 0.2) is 6.10 Å². The molecule has 0 aliphatic carbocycles. The van der Waals surface area contributed by atoms with Crippen LogP contribution in [-0.4, -0.2) is 49.2 Å². The van der Waals surface area contributed by atoms with Gasteiger partial charge in [0.05, 0.1) is 4.90 Å². The molecule has 3 aromatic rings. The predicted octanol–water partition coefficient (Wildman–Crippen LogP) is 3.52. The van der Waals surface area contributed by atoms with E-state index in [1.165, 1.54) is 26.1 Å². The molecule has 1 aromatic heterocycles. The fourth-order valence-corrected chi connectivity index (χ4v) is 4.37. The minimum Gasteiger partial charge on any atom is -0.454 e. The minimum atomic E-state index is -3.78. The molecule has 3 rings (SSSR count). The summed E-state index contributed by atoms with van der Waals surface area (Å²) in [7, 11) is -2.40. The molecule has 1 N–H and O–H groups in total. The topological polar surface area (TPSA) is 96.5 Å². The van der Waals surface area contributed by atoms with Gasteiger partial charge in [-0.1, -0.05) is 18.2 Å². The fraction of sp³-hybridized carbons (Fsp3) is 0.273. The van der Waals surface area contributed by atoms with Gasteiger partial charge in [0, 0.05) is 42.7 Å². The number of halogens is 1. The number of hydrogen-bond acceptors (Lipinski definition) is 5. The van der Waals surface area contributed by atoms with Crippen molar-refractivity contribution in [1.29, 1.82) is 0 Å². The number of H-pyrrole nitrogens is 1. The van der Waals surface area contributed by atoms with Gasteiger partial charge in [-0.3, -0.25) is 9.59 Å². The summed E-state index contributed by atoms with van der Waals surface area (Å²) in [6, 6.07) is 11.9. The third-order valence-corrected chi connectivity index (χ3v) is 6.78. The van der Waals surface area contributed by atoms with Crippen LogP contribution in [0.1, 0.15) is 30.1 Å². The van der Waals surface area contributed by atoms with Gasteiger partial charge in [-0.2, -0.15) is 0 Å². The molecule has 0 saturated carbocycles. The lowest BCUT2D eigenvalue weighted by Crippen LogP contribution is -2.29. The Balaban J connectivity index is 1.51. The predicted molar refractivity (Wildman–Crippen MR) is 114 cm³/mol. The van der Waals surface area contributed by atoms with Crippen LogP contribution in [0.3, 0.4) is 0 Å². The molecule has 7 nitrogen and oxygen atoms in total. The molecule has 0 unspecified atom stereocenters. The summed E-state index contributed by atoms with van der Waals surface area (Å²) >= 11 is 0. The molecular formula is C22H23FN2O5S. The molecule has 2 aromatic carbocycles. The lowest BCUT2D eigenvalue weighted by atomic mass is 10.1. The molecule has 0 radical (unpaired) electrons. The van der Waals surface area contributed by atoms with E-state index in [4.69, 9.17) is 4.74 Å². The van der Waals surface area contributed by atoms with Crippen LogP contribution in [0, 0.1) is 5.82 Å². The number of Topliss-reactive ketones (excluding diaryl/α,β-unsaturated/α-hetero) is 1. The number of aromatic amines is 1. The number of rotatable bonds is 9. The fourth-order valence-electron chi connectivity index (χ4n) is 3.16. The lowest BCUT2D eigenvalue weighted by Gasteiger charge is -2.17. The number of nitrogens with zero attached hydrogens (tertiary/aromatic N) is 1. The summed E-state index contributed by atoms with van der Waals surface area (Å²) in [5, 5.41) is 0.753. The monoisotopic (exact) mass is 446 g/mol. The molecule has 1 heterocycles. The van der Waals surface area contributed by atoms with Crippen molar-refractivity contribution in [2.45, 2.75) is 30.8 Å². The van der Waals surface area contributed by atoms with E-state index >= 15 is 0 Å². The number of nitrogens with one attached hydrogen (secondary N) is 1. The number of carbonyl (C=O) groups excluding carboxylic acids is 2. The Labute approximate surface area is 179 Å². The van der Waals surface area contributed by atoms with Gasteiger partial charge < -0.3 is 9.72 Å². The molecule has 0 aliphatic rings. The molecule has 0 bridgehead atoms. The first-order valence-electron chi connectivity index (χ1n) is 9.72. The number of fused-ring (bicyclic) bond motifs is 1. The van der Waals surface area contributed by atoms with E-state index < -0.39 is 27.9 Å². The Hall–Kier alpha value is -3.04. The molecule has 31 heavy (non-hydrogen) atoms. The summed E-state index contributed by atoms with van der Waals surface area (Å²) in [6.45, 7) is 1.58. The third kappa shape index (κ3) is 5.18. The van der Waals surface area contributed by atoms with Gasteiger partial charge >= 0.3 is 5.97 Å². The van der Waals surface area contributed by atoms with E-state index in [9.17, 15) is 22.4 Å². The first kappa shape index (κ1) is 22.6. The van der Waals surface area contributed by atoms with Crippen molar-refractivity contribution >= 4 is 32.7 Å². The van der Waals surface area contributed by atoms with Crippen LogP contribution in [0.2, 0.25) is 0 Å². The van der Waals surface area contributed by atoms with Crippen molar-refractivity contribution in [3.63, 3.8) is 0 Å². The number of benzene rings is 2. The molecule has 0 spiro atoms. The van der Waals surface area contributed by atoms with Crippen LogP contribution >= 0.6 is 0 Å². The summed E-state index contributed by atoms with van der Waals surface area (Å²) in [5.41, 5.74) is 1.26. The Morgan fingerprint density at radius 3 is 2.52 bits per heavy atom. The van der Waals surface area contributed by atoms with Crippen LogP contribution < -0.4 is 0 Å². The summed E-state index contributed by atoms with van der Waals surface area (Å²) in [4.78, 5) is 27.8. The number of ether oxygens (including phenoxy) is 1. The first-order valence-corrected chi connectivity index (χ1v) is 11.2. The Morgan fingerprint density at radius 1 is 1.13 bits per heavy atom. The van der Waals surface area contributed by atoms with Crippen LogP contribution in [0.4, 0.5) is 4.39 Å². The summed E-state index contributed by atoms with van der Waals surface area (Å²) in [5.74, 6) is -1.43. The average molecular weight is 447 g/mol. The molecule has 9 heteroatoms. The van der Waals surface area contributed by atoms with Crippen LogP contribution in [0.15, 0.2) is 59.6 Å². The lowest BCUT2D eigenvalue weighted by molar-refractivity contribution is -0.146. The maximum atomic E-state index is 13.0. The first-order chi connectivity index (χ1) is 14.7. The Kier molecular flexibility index (Phi) is 6.87. The molecule has 164 valence electrons. The van der Waals surface area contributed by atoms with Crippen molar-refractivity contribution in [3.05, 3.63) is 66.1 Å². The van der Waals surface area contributed by atoms with E-state index in [1.54, 1.807) is 6.20 Å². The highest BCUT2D eigenvalue weighted by Crippen LogP contribution is 2.20.